The molecule has 1 aliphatic carbocycles. The van der Waals surface area contributed by atoms with Crippen molar-refractivity contribution in [3.05, 3.63) is 48.5 Å². The van der Waals surface area contributed by atoms with Gasteiger partial charge >= 0.3 is 6.09 Å². The van der Waals surface area contributed by atoms with Crippen LogP contribution in [0.5, 0.6) is 0 Å². The second kappa shape index (κ2) is 8.71. The standard InChI is InChI=1S/C22H28N6O4/c1-22(2,3)32-21(31)27-14-9-15(18(30)17(14)29)28-12-26-16-19(24-11-25-20(16)28)23-10-13-7-5-4-6-8-13/h4-8,11-12,14-15,17-18,29-30H,9-10H2,1-3H3,(H,27,31)(H,23,24,25)/t14-,15+,17-,18+/m1/s1. The fraction of sp³-hybridized carbons (Fsp3) is 0.455. The van der Waals surface area contributed by atoms with Crippen molar-refractivity contribution in [3.8, 4) is 0 Å². The highest BCUT2D eigenvalue weighted by Gasteiger charge is 2.44. The van der Waals surface area contributed by atoms with E-state index >= 15 is 0 Å². The number of aromatic nitrogens is 4. The maximum Gasteiger partial charge on any atom is 0.407 e. The second-order valence-electron chi connectivity index (χ2n) is 8.92. The first-order valence-electron chi connectivity index (χ1n) is 10.5. The molecule has 10 heteroatoms. The first kappa shape index (κ1) is 22.0. The number of rotatable bonds is 5. The molecule has 32 heavy (non-hydrogen) atoms. The number of alkyl carbamates (subject to hydrolysis) is 1. The normalized spacial score (nSPS) is 23.3. The summed E-state index contributed by atoms with van der Waals surface area (Å²) in [6.45, 7) is 5.86. The van der Waals surface area contributed by atoms with E-state index in [9.17, 15) is 15.0 Å². The smallest absolute Gasteiger partial charge is 0.407 e. The largest absolute Gasteiger partial charge is 0.444 e. The first-order chi connectivity index (χ1) is 15.2. The number of nitrogens with zero attached hydrogens (tertiary/aromatic N) is 4. The molecule has 1 aliphatic rings. The fourth-order valence-electron chi connectivity index (χ4n) is 3.89. The molecular weight excluding hydrogens is 412 g/mol. The van der Waals surface area contributed by atoms with Gasteiger partial charge in [0.15, 0.2) is 11.5 Å². The summed E-state index contributed by atoms with van der Waals surface area (Å²) >= 11 is 0. The van der Waals surface area contributed by atoms with Crippen LogP contribution in [0.25, 0.3) is 11.2 Å². The molecule has 3 aromatic rings. The van der Waals surface area contributed by atoms with Crippen LogP contribution in [0.15, 0.2) is 43.0 Å². The number of nitrogens with one attached hydrogen (secondary N) is 2. The molecule has 170 valence electrons. The lowest BCUT2D eigenvalue weighted by Gasteiger charge is -2.23. The zero-order chi connectivity index (χ0) is 22.9. The average molecular weight is 441 g/mol. The molecule has 1 amide bonds. The Morgan fingerprint density at radius 3 is 2.62 bits per heavy atom. The number of carbonyl (C=O) groups is 1. The highest BCUT2D eigenvalue weighted by Crippen LogP contribution is 2.34. The number of aliphatic hydroxyl groups is 2. The van der Waals surface area contributed by atoms with Gasteiger partial charge in [0.05, 0.1) is 18.4 Å². The van der Waals surface area contributed by atoms with Gasteiger partial charge in [0.2, 0.25) is 0 Å². The Kier molecular flexibility index (Phi) is 5.98. The van der Waals surface area contributed by atoms with Gasteiger partial charge in [-0.2, -0.15) is 0 Å². The molecule has 2 aromatic heterocycles. The minimum atomic E-state index is -1.15. The van der Waals surface area contributed by atoms with Crippen molar-refractivity contribution in [2.45, 2.75) is 63.6 Å². The van der Waals surface area contributed by atoms with Crippen molar-refractivity contribution in [3.63, 3.8) is 0 Å². The van der Waals surface area contributed by atoms with Gasteiger partial charge in [-0.15, -0.1) is 0 Å². The SMILES string of the molecule is CC(C)(C)OC(=O)N[C@@H]1C[C@H](n2cnc3c(NCc4ccccc4)ncnc32)[C@H](O)[C@@H]1O. The van der Waals surface area contributed by atoms with Crippen LogP contribution >= 0.6 is 0 Å². The molecule has 4 atom stereocenters. The molecule has 0 radical (unpaired) electrons. The lowest BCUT2D eigenvalue weighted by molar-refractivity contribution is 0.00906. The predicted octanol–water partition coefficient (Wildman–Crippen LogP) is 2.00. The predicted molar refractivity (Wildman–Crippen MR) is 118 cm³/mol. The van der Waals surface area contributed by atoms with Crippen LogP contribution in [0.2, 0.25) is 0 Å². The Labute approximate surface area is 185 Å². The summed E-state index contributed by atoms with van der Waals surface area (Å²) in [6, 6.07) is 8.73. The van der Waals surface area contributed by atoms with Crippen molar-refractivity contribution in [1.82, 2.24) is 24.8 Å². The van der Waals surface area contributed by atoms with Crippen LogP contribution in [0, 0.1) is 0 Å². The van der Waals surface area contributed by atoms with E-state index in [1.807, 2.05) is 30.3 Å². The topological polar surface area (TPSA) is 134 Å². The van der Waals surface area contributed by atoms with E-state index < -0.39 is 36.0 Å². The maximum absolute atomic E-state index is 12.1. The van der Waals surface area contributed by atoms with Crippen molar-refractivity contribution < 1.29 is 19.7 Å². The molecule has 0 saturated heterocycles. The highest BCUT2D eigenvalue weighted by atomic mass is 16.6. The molecule has 10 nitrogen and oxygen atoms in total. The second-order valence-corrected chi connectivity index (χ2v) is 8.92. The Balaban J connectivity index is 1.51. The number of hydrogen-bond acceptors (Lipinski definition) is 8. The molecule has 0 spiro atoms. The van der Waals surface area contributed by atoms with E-state index in [0.717, 1.165) is 5.56 Å². The van der Waals surface area contributed by atoms with E-state index in [1.54, 1.807) is 31.7 Å². The summed E-state index contributed by atoms with van der Waals surface area (Å²) in [7, 11) is 0. The van der Waals surface area contributed by atoms with E-state index in [-0.39, 0.29) is 0 Å². The summed E-state index contributed by atoms with van der Waals surface area (Å²) < 4.78 is 6.99. The Morgan fingerprint density at radius 1 is 1.16 bits per heavy atom. The van der Waals surface area contributed by atoms with Crippen LogP contribution in [0.4, 0.5) is 10.6 Å². The summed E-state index contributed by atoms with van der Waals surface area (Å²) in [5, 5.41) is 27.1. The quantitative estimate of drug-likeness (QED) is 0.473. The third kappa shape index (κ3) is 4.66. The Morgan fingerprint density at radius 2 is 1.91 bits per heavy atom. The minimum Gasteiger partial charge on any atom is -0.444 e. The molecule has 0 bridgehead atoms. The third-order valence-corrected chi connectivity index (χ3v) is 5.37. The first-order valence-corrected chi connectivity index (χ1v) is 10.5. The molecular formula is C22H28N6O4. The molecule has 4 rings (SSSR count). The summed E-state index contributed by atoms with van der Waals surface area (Å²) in [5.41, 5.74) is 1.54. The van der Waals surface area contributed by atoms with Gasteiger partial charge < -0.3 is 30.2 Å². The summed E-state index contributed by atoms with van der Waals surface area (Å²) in [6.07, 6.45) is 0.403. The van der Waals surface area contributed by atoms with Gasteiger partial charge in [-0.05, 0) is 32.8 Å². The van der Waals surface area contributed by atoms with Gasteiger partial charge in [-0.25, -0.2) is 19.7 Å². The zero-order valence-electron chi connectivity index (χ0n) is 18.3. The number of amides is 1. The Bertz CT molecular complexity index is 1080. The van der Waals surface area contributed by atoms with Gasteiger partial charge in [0.1, 0.15) is 29.7 Å². The molecule has 0 aliphatic heterocycles. The highest BCUT2D eigenvalue weighted by molar-refractivity contribution is 5.82. The van der Waals surface area contributed by atoms with Crippen molar-refractivity contribution in [2.24, 2.45) is 0 Å². The van der Waals surface area contributed by atoms with Gasteiger partial charge in [-0.1, -0.05) is 30.3 Å². The van der Waals surface area contributed by atoms with Crippen molar-refractivity contribution in [1.29, 1.82) is 0 Å². The summed E-state index contributed by atoms with van der Waals surface area (Å²) in [5.74, 6) is 0.578. The molecule has 2 heterocycles. The minimum absolute atomic E-state index is 0.295. The molecule has 4 N–H and O–H groups in total. The number of benzene rings is 1. The van der Waals surface area contributed by atoms with Crippen LogP contribution in [-0.2, 0) is 11.3 Å². The third-order valence-electron chi connectivity index (χ3n) is 5.37. The summed E-state index contributed by atoms with van der Waals surface area (Å²) in [4.78, 5) is 25.2. The Hall–Kier alpha value is -3.24. The van der Waals surface area contributed by atoms with Crippen LogP contribution in [0.3, 0.4) is 0 Å². The lowest BCUT2D eigenvalue weighted by atomic mass is 10.2. The van der Waals surface area contributed by atoms with Crippen LogP contribution < -0.4 is 10.6 Å². The number of aliphatic hydroxyl groups excluding tert-OH is 2. The van der Waals surface area contributed by atoms with E-state index in [4.69, 9.17) is 4.74 Å². The fourth-order valence-corrected chi connectivity index (χ4v) is 3.89. The van der Waals surface area contributed by atoms with Gasteiger partial charge in [-0.3, -0.25) is 0 Å². The van der Waals surface area contributed by atoms with E-state index in [2.05, 4.69) is 25.6 Å². The van der Waals surface area contributed by atoms with Crippen molar-refractivity contribution >= 4 is 23.1 Å². The van der Waals surface area contributed by atoms with E-state index in [1.165, 1.54) is 6.33 Å². The molecule has 1 fully saturated rings. The van der Waals surface area contributed by atoms with Crippen LogP contribution in [0.1, 0.15) is 38.8 Å². The number of anilines is 1. The number of imidazole rings is 1. The van der Waals surface area contributed by atoms with E-state index in [0.29, 0.717) is 29.9 Å². The average Bonchev–Trinajstić information content (AvgIpc) is 3.28. The number of ether oxygens (including phenoxy) is 1. The zero-order valence-corrected chi connectivity index (χ0v) is 18.3. The van der Waals surface area contributed by atoms with Crippen LogP contribution in [-0.4, -0.2) is 59.7 Å². The molecule has 0 unspecified atom stereocenters. The molecule has 1 saturated carbocycles. The maximum atomic E-state index is 12.1. The molecule has 1 aromatic carbocycles. The number of hydrogen-bond donors (Lipinski definition) is 4. The number of fused-ring (bicyclic) bond motifs is 1. The monoisotopic (exact) mass is 440 g/mol. The van der Waals surface area contributed by atoms with Crippen molar-refractivity contribution in [2.75, 3.05) is 5.32 Å². The number of carbonyl (C=O) groups excluding carboxylic acids is 1. The van der Waals surface area contributed by atoms with Gasteiger partial charge in [0.25, 0.3) is 0 Å². The lowest BCUT2D eigenvalue weighted by Crippen LogP contribution is -2.45. The van der Waals surface area contributed by atoms with Gasteiger partial charge in [0, 0.05) is 6.54 Å².